The number of carbonyl (C=O) groups is 2. The molecule has 1 aromatic rings. The summed E-state index contributed by atoms with van der Waals surface area (Å²) in [5, 5.41) is 2.38. The van der Waals surface area contributed by atoms with Gasteiger partial charge in [-0.1, -0.05) is 0 Å². The maximum atomic E-state index is 11.2. The van der Waals surface area contributed by atoms with E-state index in [1.165, 1.54) is 7.11 Å². The summed E-state index contributed by atoms with van der Waals surface area (Å²) in [5.41, 5.74) is 0. The molecule has 1 atom stereocenters. The van der Waals surface area contributed by atoms with Crippen LogP contribution in [-0.2, 0) is 20.7 Å². The number of ether oxygens (including phenoxy) is 1. The Morgan fingerprint density at radius 1 is 1.67 bits per heavy atom. The summed E-state index contributed by atoms with van der Waals surface area (Å²) >= 11 is 0. The maximum Gasteiger partial charge on any atom is 0.328 e. The predicted octanol–water partition coefficient (Wildman–Crippen LogP) is 0.418. The number of aryl methyl sites for hydroxylation is 1. The van der Waals surface area contributed by atoms with E-state index >= 15 is 0 Å². The average Bonchev–Trinajstić information content (AvgIpc) is 2.62. The van der Waals surface area contributed by atoms with Crippen LogP contribution in [0.1, 0.15) is 11.5 Å². The highest BCUT2D eigenvalue weighted by Gasteiger charge is 2.20. The van der Waals surface area contributed by atoms with Crippen LogP contribution >= 0.6 is 0 Å². The zero-order valence-corrected chi connectivity index (χ0v) is 8.65. The number of amides is 1. The van der Waals surface area contributed by atoms with E-state index < -0.39 is 12.0 Å². The number of esters is 1. The molecule has 1 aromatic heterocycles. The molecule has 0 aliphatic carbocycles. The molecule has 0 fully saturated rings. The Labute approximate surface area is 87.4 Å². The fourth-order valence-corrected chi connectivity index (χ4v) is 1.23. The van der Waals surface area contributed by atoms with E-state index in [0.29, 0.717) is 18.6 Å². The first-order valence-corrected chi connectivity index (χ1v) is 4.50. The third-order valence-electron chi connectivity index (χ3n) is 1.96. The van der Waals surface area contributed by atoms with Crippen molar-refractivity contribution in [2.24, 2.45) is 0 Å². The Morgan fingerprint density at radius 3 is 2.87 bits per heavy atom. The monoisotopic (exact) mass is 211 g/mol. The summed E-state index contributed by atoms with van der Waals surface area (Å²) in [6, 6.07) is 2.86. The van der Waals surface area contributed by atoms with Crippen LogP contribution in [0.5, 0.6) is 0 Å². The van der Waals surface area contributed by atoms with E-state index in [1.807, 2.05) is 6.92 Å². The van der Waals surface area contributed by atoms with Crippen LogP contribution < -0.4 is 5.32 Å². The molecule has 5 heteroatoms. The summed E-state index contributed by atoms with van der Waals surface area (Å²) in [4.78, 5) is 21.5. The van der Waals surface area contributed by atoms with Crippen LogP contribution in [0.4, 0.5) is 0 Å². The van der Waals surface area contributed by atoms with Gasteiger partial charge in [0.25, 0.3) is 0 Å². The van der Waals surface area contributed by atoms with Gasteiger partial charge < -0.3 is 14.5 Å². The molecular formula is C10H13NO4. The van der Waals surface area contributed by atoms with Gasteiger partial charge in [0.1, 0.15) is 17.6 Å². The van der Waals surface area contributed by atoms with Gasteiger partial charge in [-0.2, -0.15) is 0 Å². The molecule has 1 N–H and O–H groups in total. The van der Waals surface area contributed by atoms with Gasteiger partial charge in [-0.25, -0.2) is 4.79 Å². The van der Waals surface area contributed by atoms with E-state index in [0.717, 1.165) is 5.76 Å². The van der Waals surface area contributed by atoms with Crippen molar-refractivity contribution in [2.45, 2.75) is 19.4 Å². The van der Waals surface area contributed by atoms with Crippen molar-refractivity contribution >= 4 is 12.4 Å². The van der Waals surface area contributed by atoms with Gasteiger partial charge in [0, 0.05) is 6.42 Å². The molecule has 1 amide bonds. The van der Waals surface area contributed by atoms with Crippen LogP contribution in [0.15, 0.2) is 16.5 Å². The molecule has 82 valence electrons. The van der Waals surface area contributed by atoms with Crippen molar-refractivity contribution in [1.82, 2.24) is 5.32 Å². The predicted molar refractivity (Wildman–Crippen MR) is 52.2 cm³/mol. The van der Waals surface area contributed by atoms with Gasteiger partial charge >= 0.3 is 5.97 Å². The molecule has 0 bridgehead atoms. The van der Waals surface area contributed by atoms with Crippen molar-refractivity contribution in [3.05, 3.63) is 23.7 Å². The van der Waals surface area contributed by atoms with Crippen LogP contribution in [-0.4, -0.2) is 25.5 Å². The molecule has 1 heterocycles. The zero-order chi connectivity index (χ0) is 11.3. The first-order chi connectivity index (χ1) is 7.17. The van der Waals surface area contributed by atoms with Gasteiger partial charge in [-0.05, 0) is 19.1 Å². The summed E-state index contributed by atoms with van der Waals surface area (Å²) in [6.45, 7) is 1.81. The molecule has 0 spiro atoms. The Kier molecular flexibility index (Phi) is 3.91. The van der Waals surface area contributed by atoms with Crippen LogP contribution in [0.2, 0.25) is 0 Å². The smallest absolute Gasteiger partial charge is 0.328 e. The summed E-state index contributed by atoms with van der Waals surface area (Å²) < 4.78 is 9.83. The van der Waals surface area contributed by atoms with E-state index in [-0.39, 0.29) is 0 Å². The van der Waals surface area contributed by atoms with Crippen molar-refractivity contribution in [2.75, 3.05) is 7.11 Å². The molecule has 15 heavy (non-hydrogen) atoms. The lowest BCUT2D eigenvalue weighted by Gasteiger charge is -2.11. The van der Waals surface area contributed by atoms with Crippen molar-refractivity contribution in [1.29, 1.82) is 0 Å². The molecule has 1 rings (SSSR count). The van der Waals surface area contributed by atoms with E-state index in [2.05, 4.69) is 10.1 Å². The van der Waals surface area contributed by atoms with Crippen LogP contribution in [0.25, 0.3) is 0 Å². The topological polar surface area (TPSA) is 68.5 Å². The second-order valence-electron chi connectivity index (χ2n) is 3.08. The molecule has 0 aliphatic heterocycles. The standard InChI is InChI=1S/C10H13NO4/c1-7-3-4-8(15-7)5-9(11-6-12)10(13)14-2/h3-4,6,9H,5H2,1-2H3,(H,11,12)/t9-/m1/s1. The molecular weight excluding hydrogens is 198 g/mol. The first-order valence-electron chi connectivity index (χ1n) is 4.50. The van der Waals surface area contributed by atoms with E-state index in [9.17, 15) is 9.59 Å². The number of nitrogens with one attached hydrogen (secondary N) is 1. The van der Waals surface area contributed by atoms with Gasteiger partial charge in [-0.3, -0.25) is 4.79 Å². The van der Waals surface area contributed by atoms with Gasteiger partial charge in [0.15, 0.2) is 0 Å². The molecule has 0 saturated heterocycles. The first kappa shape index (κ1) is 11.3. The fraction of sp³-hybridized carbons (Fsp3) is 0.400. The van der Waals surface area contributed by atoms with Crippen LogP contribution in [0, 0.1) is 6.92 Å². The number of hydrogen-bond acceptors (Lipinski definition) is 4. The van der Waals surface area contributed by atoms with Crippen molar-refractivity contribution in [3.8, 4) is 0 Å². The Balaban J connectivity index is 2.65. The molecule has 0 aliphatic rings. The summed E-state index contributed by atoms with van der Waals surface area (Å²) in [5.74, 6) is 0.910. The quantitative estimate of drug-likeness (QED) is 0.566. The molecule has 5 nitrogen and oxygen atoms in total. The molecule has 0 unspecified atom stereocenters. The minimum absolute atomic E-state index is 0.291. The van der Waals surface area contributed by atoms with Crippen molar-refractivity contribution in [3.63, 3.8) is 0 Å². The highest BCUT2D eigenvalue weighted by Crippen LogP contribution is 2.09. The zero-order valence-electron chi connectivity index (χ0n) is 8.65. The normalized spacial score (nSPS) is 11.9. The minimum Gasteiger partial charge on any atom is -0.467 e. The second kappa shape index (κ2) is 5.19. The molecule has 0 aromatic carbocycles. The Hall–Kier alpha value is -1.78. The number of rotatable bonds is 5. The highest BCUT2D eigenvalue weighted by atomic mass is 16.5. The third-order valence-corrected chi connectivity index (χ3v) is 1.96. The van der Waals surface area contributed by atoms with Gasteiger partial charge in [0.2, 0.25) is 6.41 Å². The number of furan rings is 1. The Bertz CT molecular complexity index is 345. The summed E-state index contributed by atoms with van der Waals surface area (Å²) in [7, 11) is 1.27. The highest BCUT2D eigenvalue weighted by molar-refractivity contribution is 5.78. The van der Waals surface area contributed by atoms with Gasteiger partial charge in [-0.15, -0.1) is 0 Å². The fourth-order valence-electron chi connectivity index (χ4n) is 1.23. The van der Waals surface area contributed by atoms with E-state index in [1.54, 1.807) is 12.1 Å². The van der Waals surface area contributed by atoms with E-state index in [4.69, 9.17) is 4.42 Å². The Morgan fingerprint density at radius 2 is 2.40 bits per heavy atom. The maximum absolute atomic E-state index is 11.2. The number of methoxy groups -OCH3 is 1. The summed E-state index contributed by atoms with van der Waals surface area (Å²) in [6.07, 6.45) is 0.761. The number of carbonyl (C=O) groups excluding carboxylic acids is 2. The lowest BCUT2D eigenvalue weighted by Crippen LogP contribution is -2.38. The molecule has 0 radical (unpaired) electrons. The average molecular weight is 211 g/mol. The SMILES string of the molecule is COC(=O)[C@@H](Cc1ccc(C)o1)NC=O. The van der Waals surface area contributed by atoms with Gasteiger partial charge in [0.05, 0.1) is 7.11 Å². The molecule has 0 saturated carbocycles. The second-order valence-corrected chi connectivity index (χ2v) is 3.08. The minimum atomic E-state index is -0.696. The van der Waals surface area contributed by atoms with Crippen LogP contribution in [0.3, 0.4) is 0 Å². The number of hydrogen-bond donors (Lipinski definition) is 1. The third kappa shape index (κ3) is 3.12. The lowest BCUT2D eigenvalue weighted by molar-refractivity contribution is -0.144. The largest absolute Gasteiger partial charge is 0.467 e. The van der Waals surface area contributed by atoms with Crippen molar-refractivity contribution < 1.29 is 18.7 Å². The lowest BCUT2D eigenvalue weighted by atomic mass is 10.2.